The Bertz CT molecular complexity index is 717. The van der Waals surface area contributed by atoms with Crippen LogP contribution in [0.5, 0.6) is 11.6 Å². The molecule has 0 unspecified atom stereocenters. The van der Waals surface area contributed by atoms with Gasteiger partial charge in [0, 0.05) is 18.5 Å². The topological polar surface area (TPSA) is 82.3 Å². The number of benzene rings is 1. The fourth-order valence-corrected chi connectivity index (χ4v) is 2.33. The Morgan fingerprint density at radius 3 is 2.68 bits per heavy atom. The Kier molecular flexibility index (Phi) is 3.64. The summed E-state index contributed by atoms with van der Waals surface area (Å²) in [6.07, 6.45) is 2.54. The van der Waals surface area contributed by atoms with Gasteiger partial charge in [-0.1, -0.05) is 11.6 Å². The quantitative estimate of drug-likeness (QED) is 0.880. The van der Waals surface area contributed by atoms with Crippen LogP contribution in [0.1, 0.15) is 0 Å². The Hall–Kier alpha value is -1.79. The highest BCUT2D eigenvalue weighted by Crippen LogP contribution is 2.30. The van der Waals surface area contributed by atoms with Crippen LogP contribution in [-0.2, 0) is 9.84 Å². The molecule has 0 saturated carbocycles. The summed E-state index contributed by atoms with van der Waals surface area (Å²) in [5.41, 5.74) is 6.00. The minimum absolute atomic E-state index is 0.00541. The number of pyridine rings is 1. The van der Waals surface area contributed by atoms with Crippen LogP contribution in [0.25, 0.3) is 0 Å². The molecule has 1 aromatic heterocycles. The minimum atomic E-state index is -3.42. The van der Waals surface area contributed by atoms with Crippen LogP contribution in [0.15, 0.2) is 41.4 Å². The van der Waals surface area contributed by atoms with Crippen molar-refractivity contribution in [2.75, 3.05) is 12.0 Å². The molecule has 0 atom stereocenters. The second-order valence-electron chi connectivity index (χ2n) is 3.86. The SMILES string of the molecule is CS(=O)(=O)c1cccnc1Oc1ccc(N)c(Cl)c1. The van der Waals surface area contributed by atoms with E-state index >= 15 is 0 Å². The zero-order valence-corrected chi connectivity index (χ0v) is 11.6. The fraction of sp³-hybridized carbons (Fsp3) is 0.0833. The number of rotatable bonds is 3. The summed E-state index contributed by atoms with van der Waals surface area (Å²) in [5.74, 6) is 0.369. The summed E-state index contributed by atoms with van der Waals surface area (Å²) in [4.78, 5) is 3.93. The average Bonchev–Trinajstić information content (AvgIpc) is 2.33. The predicted octanol–water partition coefficient (Wildman–Crippen LogP) is 2.51. The first-order chi connectivity index (χ1) is 8.88. The van der Waals surface area contributed by atoms with Crippen molar-refractivity contribution in [1.82, 2.24) is 4.98 Å². The molecule has 0 spiro atoms. The van der Waals surface area contributed by atoms with E-state index in [4.69, 9.17) is 22.1 Å². The predicted molar refractivity (Wildman–Crippen MR) is 73.3 cm³/mol. The van der Waals surface area contributed by atoms with Crippen molar-refractivity contribution in [3.05, 3.63) is 41.6 Å². The van der Waals surface area contributed by atoms with E-state index in [1.807, 2.05) is 0 Å². The van der Waals surface area contributed by atoms with Crippen molar-refractivity contribution >= 4 is 27.1 Å². The van der Waals surface area contributed by atoms with Gasteiger partial charge in [0.15, 0.2) is 9.84 Å². The molecule has 0 aliphatic rings. The lowest BCUT2D eigenvalue weighted by Gasteiger charge is -2.09. The van der Waals surface area contributed by atoms with Crippen LogP contribution in [0.3, 0.4) is 0 Å². The van der Waals surface area contributed by atoms with Crippen molar-refractivity contribution in [3.63, 3.8) is 0 Å². The molecule has 0 bridgehead atoms. The molecule has 1 aromatic carbocycles. The van der Waals surface area contributed by atoms with Crippen molar-refractivity contribution in [2.24, 2.45) is 0 Å². The van der Waals surface area contributed by atoms with E-state index in [0.717, 1.165) is 6.26 Å². The first kappa shape index (κ1) is 13.6. The Morgan fingerprint density at radius 1 is 1.32 bits per heavy atom. The summed E-state index contributed by atoms with van der Waals surface area (Å²) in [6.45, 7) is 0. The van der Waals surface area contributed by atoms with E-state index < -0.39 is 9.84 Å². The van der Waals surface area contributed by atoms with Crippen LogP contribution < -0.4 is 10.5 Å². The standard InChI is InChI=1S/C12H11ClN2O3S/c1-19(16,17)11-3-2-6-15-12(11)18-8-4-5-10(14)9(13)7-8/h2-7H,14H2,1H3. The summed E-state index contributed by atoms with van der Waals surface area (Å²) >= 11 is 5.87. The third-order valence-electron chi connectivity index (χ3n) is 2.32. The van der Waals surface area contributed by atoms with Gasteiger partial charge in [0.2, 0.25) is 5.88 Å². The highest BCUT2D eigenvalue weighted by Gasteiger charge is 2.16. The normalized spacial score (nSPS) is 11.3. The third-order valence-corrected chi connectivity index (χ3v) is 3.76. The molecule has 0 radical (unpaired) electrons. The van der Waals surface area contributed by atoms with Gasteiger partial charge in [-0.2, -0.15) is 0 Å². The van der Waals surface area contributed by atoms with Gasteiger partial charge in [-0.05, 0) is 24.3 Å². The van der Waals surface area contributed by atoms with Gasteiger partial charge in [0.1, 0.15) is 10.6 Å². The van der Waals surface area contributed by atoms with E-state index in [-0.39, 0.29) is 10.8 Å². The molecule has 0 amide bonds. The molecule has 5 nitrogen and oxygen atoms in total. The highest BCUT2D eigenvalue weighted by molar-refractivity contribution is 7.90. The number of hydrogen-bond donors (Lipinski definition) is 1. The maximum Gasteiger partial charge on any atom is 0.238 e. The molecule has 0 aliphatic heterocycles. The number of nitrogen functional groups attached to an aromatic ring is 1. The van der Waals surface area contributed by atoms with E-state index in [9.17, 15) is 8.42 Å². The Labute approximate surface area is 115 Å². The van der Waals surface area contributed by atoms with Crippen molar-refractivity contribution < 1.29 is 13.2 Å². The van der Waals surface area contributed by atoms with Gasteiger partial charge >= 0.3 is 0 Å². The van der Waals surface area contributed by atoms with Gasteiger partial charge < -0.3 is 10.5 Å². The molecule has 100 valence electrons. The third kappa shape index (κ3) is 3.15. The number of aromatic nitrogens is 1. The van der Waals surface area contributed by atoms with Crippen LogP contribution >= 0.6 is 11.6 Å². The Balaban J connectivity index is 2.41. The second kappa shape index (κ2) is 5.07. The van der Waals surface area contributed by atoms with Crippen LogP contribution in [0, 0.1) is 0 Å². The molecule has 0 aliphatic carbocycles. The fourth-order valence-electron chi connectivity index (χ4n) is 1.42. The van der Waals surface area contributed by atoms with E-state index in [2.05, 4.69) is 4.98 Å². The van der Waals surface area contributed by atoms with Crippen molar-refractivity contribution in [3.8, 4) is 11.6 Å². The largest absolute Gasteiger partial charge is 0.438 e. The van der Waals surface area contributed by atoms with Crippen LogP contribution in [-0.4, -0.2) is 19.7 Å². The minimum Gasteiger partial charge on any atom is -0.438 e. The van der Waals surface area contributed by atoms with Crippen molar-refractivity contribution in [1.29, 1.82) is 0 Å². The monoisotopic (exact) mass is 298 g/mol. The lowest BCUT2D eigenvalue weighted by Crippen LogP contribution is -2.01. The van der Waals surface area contributed by atoms with Gasteiger partial charge in [0.25, 0.3) is 0 Å². The van der Waals surface area contributed by atoms with Gasteiger partial charge in [-0.3, -0.25) is 0 Å². The average molecular weight is 299 g/mol. The van der Waals surface area contributed by atoms with Gasteiger partial charge in [0.05, 0.1) is 10.7 Å². The van der Waals surface area contributed by atoms with Crippen LogP contribution in [0.4, 0.5) is 5.69 Å². The summed E-state index contributed by atoms with van der Waals surface area (Å²) in [6, 6.07) is 7.61. The zero-order valence-electron chi connectivity index (χ0n) is 10.00. The number of halogens is 1. The number of nitrogens with zero attached hydrogens (tertiary/aromatic N) is 1. The van der Waals surface area contributed by atoms with E-state index in [1.54, 1.807) is 12.1 Å². The molecule has 2 aromatic rings. The van der Waals surface area contributed by atoms with Crippen LogP contribution in [0.2, 0.25) is 5.02 Å². The molecule has 2 N–H and O–H groups in total. The smallest absolute Gasteiger partial charge is 0.238 e. The summed E-state index contributed by atoms with van der Waals surface area (Å²) < 4.78 is 28.6. The first-order valence-electron chi connectivity index (χ1n) is 5.26. The molecule has 2 rings (SSSR count). The maximum absolute atomic E-state index is 11.6. The number of hydrogen-bond acceptors (Lipinski definition) is 5. The van der Waals surface area contributed by atoms with Gasteiger partial charge in [-0.15, -0.1) is 0 Å². The maximum atomic E-state index is 11.6. The number of ether oxygens (including phenoxy) is 1. The molecular weight excluding hydrogens is 288 g/mol. The summed E-state index contributed by atoms with van der Waals surface area (Å²) in [7, 11) is -3.42. The number of nitrogens with two attached hydrogens (primary N) is 1. The first-order valence-corrected chi connectivity index (χ1v) is 7.53. The number of sulfone groups is 1. The second-order valence-corrected chi connectivity index (χ2v) is 6.26. The zero-order chi connectivity index (χ0) is 14.0. The number of anilines is 1. The van der Waals surface area contributed by atoms with Gasteiger partial charge in [-0.25, -0.2) is 13.4 Å². The Morgan fingerprint density at radius 2 is 2.05 bits per heavy atom. The van der Waals surface area contributed by atoms with E-state index in [0.29, 0.717) is 16.5 Å². The van der Waals surface area contributed by atoms with Crippen molar-refractivity contribution in [2.45, 2.75) is 4.90 Å². The molecule has 7 heteroatoms. The molecule has 1 heterocycles. The lowest BCUT2D eigenvalue weighted by atomic mass is 10.3. The van der Waals surface area contributed by atoms with E-state index in [1.165, 1.54) is 24.4 Å². The molecule has 0 saturated heterocycles. The highest BCUT2D eigenvalue weighted by atomic mass is 35.5. The molecule has 0 fully saturated rings. The molecular formula is C12H11ClN2O3S. The molecule has 19 heavy (non-hydrogen) atoms. The summed E-state index contributed by atoms with van der Waals surface area (Å²) in [5, 5.41) is 0.328. The lowest BCUT2D eigenvalue weighted by molar-refractivity contribution is 0.447.